The van der Waals surface area contributed by atoms with E-state index >= 15 is 0 Å². The largest absolute Gasteiger partial charge is 0.332 e. The number of carbonyl (C=O) groups is 1. The first-order valence-electron chi connectivity index (χ1n) is 10.3. The monoisotopic (exact) mass is 374 g/mol. The minimum Gasteiger partial charge on any atom is -0.332 e. The molecule has 5 rings (SSSR count). The SMILES string of the molecule is Cc1ccccc1-n1nc2c(c1-n1cccc1)CN(C(=O)CC1CCCC1)C2. The molecule has 0 unspecified atom stereocenters. The molecule has 0 bridgehead atoms. The molecule has 0 spiro atoms. The van der Waals surface area contributed by atoms with Gasteiger partial charge in [0.1, 0.15) is 5.82 Å². The first-order chi connectivity index (χ1) is 13.7. The molecule has 1 aromatic carbocycles. The fourth-order valence-electron chi connectivity index (χ4n) is 4.68. The Bertz CT molecular complexity index is 996. The number of benzene rings is 1. The highest BCUT2D eigenvalue weighted by Gasteiger charge is 2.32. The molecule has 2 aliphatic rings. The Balaban J connectivity index is 1.48. The number of nitrogens with zero attached hydrogens (tertiary/aromatic N) is 4. The Morgan fingerprint density at radius 1 is 1.07 bits per heavy atom. The maximum Gasteiger partial charge on any atom is 0.223 e. The third kappa shape index (κ3) is 2.95. The zero-order valence-electron chi connectivity index (χ0n) is 16.3. The molecule has 1 fully saturated rings. The van der Waals surface area contributed by atoms with Crippen LogP contribution in [-0.4, -0.2) is 25.2 Å². The standard InChI is InChI=1S/C23H26N4O/c1-17-8-2-5-11-21(17)27-23(25-12-6-7-13-25)19-15-26(16-20(19)24-27)22(28)14-18-9-3-4-10-18/h2,5-8,11-13,18H,3-4,9-10,14-16H2,1H3. The van der Waals surface area contributed by atoms with Crippen LogP contribution in [-0.2, 0) is 17.9 Å². The van der Waals surface area contributed by atoms with Gasteiger partial charge in [-0.25, -0.2) is 4.68 Å². The van der Waals surface area contributed by atoms with Crippen molar-refractivity contribution in [2.45, 2.75) is 52.1 Å². The van der Waals surface area contributed by atoms with Crippen molar-refractivity contribution in [2.24, 2.45) is 5.92 Å². The highest BCUT2D eigenvalue weighted by Crippen LogP contribution is 2.33. The van der Waals surface area contributed by atoms with Crippen molar-refractivity contribution in [3.8, 4) is 11.5 Å². The van der Waals surface area contributed by atoms with Gasteiger partial charge in [0, 0.05) is 24.4 Å². The predicted octanol–water partition coefficient (Wildman–Crippen LogP) is 4.39. The smallest absolute Gasteiger partial charge is 0.223 e. The Kier molecular flexibility index (Phi) is 4.30. The summed E-state index contributed by atoms with van der Waals surface area (Å²) in [6.07, 6.45) is 9.76. The summed E-state index contributed by atoms with van der Waals surface area (Å²) >= 11 is 0. The molecule has 1 amide bonds. The number of amides is 1. The van der Waals surface area contributed by atoms with Crippen LogP contribution in [0.15, 0.2) is 48.8 Å². The van der Waals surface area contributed by atoms with E-state index in [0.29, 0.717) is 25.4 Å². The van der Waals surface area contributed by atoms with Crippen LogP contribution in [0.1, 0.15) is 48.9 Å². The summed E-state index contributed by atoms with van der Waals surface area (Å²) in [5.41, 5.74) is 4.46. The van der Waals surface area contributed by atoms with Gasteiger partial charge in [-0.15, -0.1) is 0 Å². The average Bonchev–Trinajstić information content (AvgIpc) is 3.46. The lowest BCUT2D eigenvalue weighted by atomic mass is 10.0. The number of fused-ring (bicyclic) bond motifs is 1. The van der Waals surface area contributed by atoms with Crippen LogP contribution in [0.4, 0.5) is 0 Å². The molecular formula is C23H26N4O. The molecule has 5 nitrogen and oxygen atoms in total. The minimum atomic E-state index is 0.283. The molecule has 0 radical (unpaired) electrons. The second kappa shape index (κ2) is 6.97. The Labute approximate surface area is 165 Å². The van der Waals surface area contributed by atoms with Crippen molar-refractivity contribution in [3.63, 3.8) is 0 Å². The topological polar surface area (TPSA) is 43.1 Å². The average molecular weight is 374 g/mol. The fourth-order valence-corrected chi connectivity index (χ4v) is 4.68. The summed E-state index contributed by atoms with van der Waals surface area (Å²) in [6, 6.07) is 12.4. The zero-order chi connectivity index (χ0) is 19.1. The van der Waals surface area contributed by atoms with Crippen LogP contribution < -0.4 is 0 Å². The van der Waals surface area contributed by atoms with Crippen molar-refractivity contribution in [1.29, 1.82) is 0 Å². The van der Waals surface area contributed by atoms with E-state index in [4.69, 9.17) is 5.10 Å². The summed E-state index contributed by atoms with van der Waals surface area (Å²) in [5, 5.41) is 4.94. The Morgan fingerprint density at radius 3 is 2.57 bits per heavy atom. The molecule has 2 aromatic heterocycles. The molecule has 1 saturated carbocycles. The molecular weight excluding hydrogens is 348 g/mol. The normalized spacial score (nSPS) is 16.7. The summed E-state index contributed by atoms with van der Waals surface area (Å²) in [4.78, 5) is 14.9. The van der Waals surface area contributed by atoms with Crippen molar-refractivity contribution in [2.75, 3.05) is 0 Å². The van der Waals surface area contributed by atoms with Crippen LogP contribution in [0.5, 0.6) is 0 Å². The number of hydrogen-bond acceptors (Lipinski definition) is 2. The van der Waals surface area contributed by atoms with Crippen LogP contribution in [0.2, 0.25) is 0 Å². The van der Waals surface area contributed by atoms with E-state index in [0.717, 1.165) is 17.2 Å². The van der Waals surface area contributed by atoms with Gasteiger partial charge in [0.15, 0.2) is 0 Å². The van der Waals surface area contributed by atoms with E-state index in [1.54, 1.807) is 0 Å². The van der Waals surface area contributed by atoms with Gasteiger partial charge in [-0.2, -0.15) is 5.10 Å². The van der Waals surface area contributed by atoms with E-state index in [1.807, 2.05) is 27.8 Å². The van der Waals surface area contributed by atoms with Gasteiger partial charge >= 0.3 is 0 Å². The molecule has 3 aromatic rings. The summed E-state index contributed by atoms with van der Waals surface area (Å²) in [7, 11) is 0. The first-order valence-corrected chi connectivity index (χ1v) is 10.3. The molecule has 0 atom stereocenters. The van der Waals surface area contributed by atoms with Gasteiger partial charge in [0.2, 0.25) is 5.91 Å². The number of aryl methyl sites for hydroxylation is 1. The van der Waals surface area contributed by atoms with Crippen molar-refractivity contribution in [1.82, 2.24) is 19.2 Å². The number of aromatic nitrogens is 3. The van der Waals surface area contributed by atoms with E-state index in [2.05, 4.69) is 42.1 Å². The summed E-state index contributed by atoms with van der Waals surface area (Å²) in [6.45, 7) is 3.38. The van der Waals surface area contributed by atoms with Gasteiger partial charge in [0.25, 0.3) is 0 Å². The molecule has 5 heteroatoms. The second-order valence-corrected chi connectivity index (χ2v) is 8.14. The van der Waals surface area contributed by atoms with Gasteiger partial charge in [-0.1, -0.05) is 31.0 Å². The van der Waals surface area contributed by atoms with E-state index < -0.39 is 0 Å². The molecule has 0 saturated heterocycles. The quantitative estimate of drug-likeness (QED) is 0.680. The first kappa shape index (κ1) is 17.3. The third-order valence-electron chi connectivity index (χ3n) is 6.21. The van der Waals surface area contributed by atoms with Crippen molar-refractivity contribution in [3.05, 3.63) is 65.6 Å². The highest BCUT2D eigenvalue weighted by molar-refractivity contribution is 5.77. The lowest BCUT2D eigenvalue weighted by Gasteiger charge is -2.19. The van der Waals surface area contributed by atoms with Gasteiger partial charge in [-0.05, 0) is 49.4 Å². The van der Waals surface area contributed by atoms with Crippen molar-refractivity contribution >= 4 is 5.91 Å². The van der Waals surface area contributed by atoms with E-state index in [1.165, 1.54) is 36.8 Å². The lowest BCUT2D eigenvalue weighted by Crippen LogP contribution is -2.27. The van der Waals surface area contributed by atoms with Crippen LogP contribution in [0.25, 0.3) is 11.5 Å². The predicted molar refractivity (Wildman–Crippen MR) is 108 cm³/mol. The molecule has 28 heavy (non-hydrogen) atoms. The number of carbonyl (C=O) groups excluding carboxylic acids is 1. The van der Waals surface area contributed by atoms with Crippen LogP contribution in [0, 0.1) is 12.8 Å². The Hall–Kier alpha value is -2.82. The zero-order valence-corrected chi connectivity index (χ0v) is 16.3. The lowest BCUT2D eigenvalue weighted by molar-refractivity contribution is -0.132. The molecule has 1 aliphatic carbocycles. The van der Waals surface area contributed by atoms with Crippen molar-refractivity contribution < 1.29 is 4.79 Å². The maximum absolute atomic E-state index is 12.9. The van der Waals surface area contributed by atoms with Crippen LogP contribution in [0.3, 0.4) is 0 Å². The fraction of sp³-hybridized carbons (Fsp3) is 0.391. The number of para-hydroxylation sites is 1. The molecule has 1 aliphatic heterocycles. The Morgan fingerprint density at radius 2 is 1.82 bits per heavy atom. The molecule has 3 heterocycles. The van der Waals surface area contributed by atoms with Gasteiger partial charge < -0.3 is 9.47 Å². The van der Waals surface area contributed by atoms with Crippen LogP contribution >= 0.6 is 0 Å². The van der Waals surface area contributed by atoms with Gasteiger partial charge in [0.05, 0.1) is 24.5 Å². The molecule has 0 N–H and O–H groups in total. The molecule has 144 valence electrons. The van der Waals surface area contributed by atoms with E-state index in [-0.39, 0.29) is 5.91 Å². The van der Waals surface area contributed by atoms with E-state index in [9.17, 15) is 4.79 Å². The third-order valence-corrected chi connectivity index (χ3v) is 6.21. The summed E-state index contributed by atoms with van der Waals surface area (Å²) in [5.74, 6) is 1.91. The maximum atomic E-state index is 12.9. The van der Waals surface area contributed by atoms with Gasteiger partial charge in [-0.3, -0.25) is 4.79 Å². The highest BCUT2D eigenvalue weighted by atomic mass is 16.2. The minimum absolute atomic E-state index is 0.283. The summed E-state index contributed by atoms with van der Waals surface area (Å²) < 4.78 is 4.15. The second-order valence-electron chi connectivity index (χ2n) is 8.14. The number of hydrogen-bond donors (Lipinski definition) is 0. The number of rotatable bonds is 4.